The summed E-state index contributed by atoms with van der Waals surface area (Å²) in [5.74, 6) is 0. The fourth-order valence-electron chi connectivity index (χ4n) is 5.33. The minimum Gasteiger partial charge on any atom is -0.416 e. The van der Waals surface area contributed by atoms with Crippen LogP contribution in [-0.2, 0) is 30.3 Å². The first-order valence-corrected chi connectivity index (χ1v) is 35.4. The van der Waals surface area contributed by atoms with E-state index in [0.29, 0.717) is 25.9 Å². The average Bonchev–Trinajstić information content (AvgIpc) is 2.89. The molecule has 2 N–H and O–H groups in total. The van der Waals surface area contributed by atoms with Crippen molar-refractivity contribution in [2.45, 2.75) is 144 Å². The lowest BCUT2D eigenvalue weighted by molar-refractivity contribution is 0.0475. The van der Waals surface area contributed by atoms with Crippen LogP contribution in [-0.4, -0.2) is 110 Å². The zero-order chi connectivity index (χ0) is 40.2. The molecule has 0 aliphatic rings. The standard InChI is InChI=1S/C32H74N4O9Si6/c1-21-29(35(23-3)31(37)33-39-25-27(5)6)50(41-46(9,10)11,42-47(12,13)14)45-51(43-48(15,16)17,44-49(18,19)20)30(22-2)36(24-4)32(38)34-40-26-28(7)8/h29-30H,5,7,21-26H2,1-4,6,8-20H3,(H,33,37)(H,34,38). The van der Waals surface area contributed by atoms with Gasteiger partial charge in [0.1, 0.15) is 11.3 Å². The second-order valence-corrected chi connectivity index (χ2v) is 41.6. The first-order chi connectivity index (χ1) is 23.0. The van der Waals surface area contributed by atoms with Gasteiger partial charge >= 0.3 is 29.7 Å². The molecule has 0 rings (SSSR count). The average molecular weight is 827 g/mol. The molecule has 19 heteroatoms. The zero-order valence-electron chi connectivity index (χ0n) is 35.4. The molecular weight excluding hydrogens is 753 g/mol. The molecule has 51 heavy (non-hydrogen) atoms. The van der Waals surface area contributed by atoms with Crippen LogP contribution in [0.4, 0.5) is 9.59 Å². The number of urea groups is 2. The summed E-state index contributed by atoms with van der Waals surface area (Å²) in [6.07, 6.45) is 0.910. The van der Waals surface area contributed by atoms with Gasteiger partial charge in [0.15, 0.2) is 33.3 Å². The molecular formula is C32H74N4O9Si6. The van der Waals surface area contributed by atoms with Gasteiger partial charge in [-0.1, -0.05) is 38.2 Å². The number of amides is 4. The predicted octanol–water partition coefficient (Wildman–Crippen LogP) is 8.00. The summed E-state index contributed by atoms with van der Waals surface area (Å²) in [7, 11) is -18.2. The molecule has 0 aliphatic heterocycles. The Morgan fingerprint density at radius 3 is 0.961 bits per heavy atom. The lowest BCUT2D eigenvalue weighted by atomic mass is 10.4. The number of nitrogens with zero attached hydrogens (tertiary/aromatic N) is 2. The van der Waals surface area contributed by atoms with Crippen LogP contribution < -0.4 is 11.0 Å². The molecule has 300 valence electrons. The van der Waals surface area contributed by atoms with Crippen molar-refractivity contribution in [2.75, 3.05) is 26.3 Å². The number of carbonyl (C=O) groups is 2. The molecule has 0 saturated heterocycles. The van der Waals surface area contributed by atoms with E-state index in [1.807, 2.05) is 41.5 Å². The molecule has 4 amide bonds. The highest BCUT2D eigenvalue weighted by atomic mass is 28.5. The Hall–Kier alpha value is -0.959. The highest BCUT2D eigenvalue weighted by molar-refractivity contribution is 6.93. The summed E-state index contributed by atoms with van der Waals surface area (Å²) in [4.78, 5) is 42.3. The molecule has 0 fully saturated rings. The van der Waals surface area contributed by atoms with Gasteiger partial charge in [0.2, 0.25) is 0 Å². The Kier molecular flexibility index (Phi) is 20.3. The van der Waals surface area contributed by atoms with Crippen LogP contribution in [0.3, 0.4) is 0 Å². The minimum absolute atomic E-state index is 0.170. The van der Waals surface area contributed by atoms with Gasteiger partial charge in [0.05, 0.1) is 13.2 Å². The molecule has 0 aromatic carbocycles. The van der Waals surface area contributed by atoms with Crippen molar-refractivity contribution in [3.63, 3.8) is 0 Å². The van der Waals surface area contributed by atoms with Gasteiger partial charge in [0.25, 0.3) is 0 Å². The molecule has 0 aliphatic carbocycles. The van der Waals surface area contributed by atoms with Crippen molar-refractivity contribution < 1.29 is 39.8 Å². The third-order valence-electron chi connectivity index (χ3n) is 6.58. The van der Waals surface area contributed by atoms with Crippen molar-refractivity contribution >= 4 is 62.9 Å². The van der Waals surface area contributed by atoms with Gasteiger partial charge in [-0.2, -0.15) is 0 Å². The van der Waals surface area contributed by atoms with Crippen molar-refractivity contribution in [1.82, 2.24) is 20.8 Å². The Balaban J connectivity index is 8.17. The van der Waals surface area contributed by atoms with Gasteiger partial charge in [-0.3, -0.25) is 9.68 Å². The predicted molar refractivity (Wildman–Crippen MR) is 222 cm³/mol. The van der Waals surface area contributed by atoms with E-state index in [9.17, 15) is 9.59 Å². The maximum absolute atomic E-state index is 14.0. The van der Waals surface area contributed by atoms with Crippen LogP contribution in [0.25, 0.3) is 0 Å². The summed E-state index contributed by atoms with van der Waals surface area (Å²) in [6.45, 7) is 45.3. The lowest BCUT2D eigenvalue weighted by Crippen LogP contribution is -2.78. The van der Waals surface area contributed by atoms with Gasteiger partial charge in [-0.05, 0) is 119 Å². The summed E-state index contributed by atoms with van der Waals surface area (Å²) in [5, 5.41) is 0. The molecule has 0 saturated carbocycles. The number of hydrogen-bond acceptors (Lipinski definition) is 9. The van der Waals surface area contributed by atoms with Crippen LogP contribution in [0.15, 0.2) is 24.3 Å². The van der Waals surface area contributed by atoms with E-state index in [4.69, 9.17) is 30.3 Å². The van der Waals surface area contributed by atoms with E-state index in [1.165, 1.54) is 0 Å². The van der Waals surface area contributed by atoms with Crippen molar-refractivity contribution in [2.24, 2.45) is 0 Å². The van der Waals surface area contributed by atoms with Crippen LogP contribution in [0.5, 0.6) is 0 Å². The second-order valence-electron chi connectivity index (χ2n) is 16.9. The molecule has 2 unspecified atom stereocenters. The zero-order valence-corrected chi connectivity index (χ0v) is 41.4. The van der Waals surface area contributed by atoms with E-state index < -0.39 is 74.3 Å². The summed E-state index contributed by atoms with van der Waals surface area (Å²) >= 11 is 0. The van der Waals surface area contributed by atoms with Crippen molar-refractivity contribution in [3.05, 3.63) is 24.3 Å². The van der Waals surface area contributed by atoms with Crippen LogP contribution in [0.1, 0.15) is 54.4 Å². The Morgan fingerprint density at radius 2 is 0.784 bits per heavy atom. The quantitative estimate of drug-likeness (QED) is 0.0565. The molecule has 0 heterocycles. The van der Waals surface area contributed by atoms with Crippen LogP contribution in [0.2, 0.25) is 78.6 Å². The maximum atomic E-state index is 14.0. The van der Waals surface area contributed by atoms with Gasteiger partial charge < -0.3 is 30.4 Å². The number of hydroxylamine groups is 2. The molecule has 0 bridgehead atoms. The maximum Gasteiger partial charge on any atom is 0.496 e. The highest BCUT2D eigenvalue weighted by Gasteiger charge is 2.67. The van der Waals surface area contributed by atoms with Gasteiger partial charge in [-0.25, -0.2) is 20.5 Å². The Labute approximate surface area is 317 Å². The molecule has 0 radical (unpaired) electrons. The van der Waals surface area contributed by atoms with Gasteiger partial charge in [0, 0.05) is 13.1 Å². The largest absolute Gasteiger partial charge is 0.496 e. The SMILES string of the molecule is C=C(C)CONC(=O)N(CC)C(CC)[Si](O[Si](C)(C)C)(O[Si](C)(C)C)O[Si](O[Si](C)(C)C)(O[Si](C)(C)C)C(CC)N(CC)C(=O)NOCC(=C)C. The monoisotopic (exact) mass is 826 g/mol. The Bertz CT molecular complexity index is 1020. The number of nitrogens with one attached hydrogen (secondary N) is 2. The molecule has 0 aromatic heterocycles. The highest BCUT2D eigenvalue weighted by Crippen LogP contribution is 2.38. The van der Waals surface area contributed by atoms with E-state index in [0.717, 1.165) is 11.1 Å². The molecule has 13 nitrogen and oxygen atoms in total. The fraction of sp³-hybridized carbons (Fsp3) is 0.812. The van der Waals surface area contributed by atoms with Crippen LogP contribution >= 0.6 is 0 Å². The third kappa shape index (κ3) is 18.3. The minimum atomic E-state index is -4.08. The summed E-state index contributed by atoms with van der Waals surface area (Å²) < 4.78 is 37.0. The first kappa shape index (κ1) is 50.0. The van der Waals surface area contributed by atoms with Crippen LogP contribution in [0, 0.1) is 0 Å². The molecule has 0 spiro atoms. The topological polar surface area (TPSA) is 129 Å². The third-order valence-corrected chi connectivity index (χ3v) is 26.3. The summed E-state index contributed by atoms with van der Waals surface area (Å²) in [5.41, 5.74) is 5.47. The molecule has 0 aromatic rings. The lowest BCUT2D eigenvalue weighted by Gasteiger charge is -2.53. The number of hydrogen-bond donors (Lipinski definition) is 2. The Morgan fingerprint density at radius 1 is 0.529 bits per heavy atom. The van der Waals surface area contributed by atoms with E-state index >= 15 is 0 Å². The molecule has 2 atom stereocenters. The van der Waals surface area contributed by atoms with Gasteiger partial charge in [-0.15, -0.1) is 0 Å². The van der Waals surface area contributed by atoms with E-state index in [-0.39, 0.29) is 13.2 Å². The smallest absolute Gasteiger partial charge is 0.416 e. The van der Waals surface area contributed by atoms with Crippen molar-refractivity contribution in [3.8, 4) is 0 Å². The normalized spacial score (nSPS) is 14.5. The second kappa shape index (κ2) is 20.6. The first-order valence-electron chi connectivity index (χ1n) is 18.2. The fourth-order valence-corrected chi connectivity index (χ4v) is 29.5. The number of carbonyl (C=O) groups excluding carboxylic acids is 2. The van der Waals surface area contributed by atoms with Crippen molar-refractivity contribution in [1.29, 1.82) is 0 Å². The summed E-state index contributed by atoms with van der Waals surface area (Å²) in [6, 6.07) is -0.879. The van der Waals surface area contributed by atoms with E-state index in [2.05, 4.69) is 103 Å². The number of rotatable bonds is 24. The van der Waals surface area contributed by atoms with E-state index in [1.54, 1.807) is 9.80 Å².